The molecule has 0 spiro atoms. The van der Waals surface area contributed by atoms with Gasteiger partial charge in [0, 0.05) is 23.8 Å². The van der Waals surface area contributed by atoms with Crippen LogP contribution in [-0.4, -0.2) is 31.8 Å². The highest BCUT2D eigenvalue weighted by Gasteiger charge is 2.10. The number of carbonyl (C=O) groups is 1. The number of hydrogen-bond donors (Lipinski definition) is 1. The highest BCUT2D eigenvalue weighted by atomic mass is 32.2. The predicted octanol–water partition coefficient (Wildman–Crippen LogP) is 2.88. The van der Waals surface area contributed by atoms with Crippen LogP contribution in [0.2, 0.25) is 0 Å². The summed E-state index contributed by atoms with van der Waals surface area (Å²) in [5.74, 6) is 0.933. The van der Waals surface area contributed by atoms with Gasteiger partial charge in [-0.1, -0.05) is 25.2 Å². The Labute approximate surface area is 131 Å². The number of thioether (sulfide) groups is 1. The molecule has 1 amide bonds. The maximum atomic E-state index is 11.8. The van der Waals surface area contributed by atoms with Gasteiger partial charge in [0.25, 0.3) is 0 Å². The lowest BCUT2D eigenvalue weighted by molar-refractivity contribution is -0.115. The minimum Gasteiger partial charge on any atom is -0.301 e. The maximum Gasteiger partial charge on any atom is 0.227 e. The molecule has 2 aromatic heterocycles. The summed E-state index contributed by atoms with van der Waals surface area (Å²) in [5, 5.41) is 13.1. The first-order valence-electron chi connectivity index (χ1n) is 6.59. The van der Waals surface area contributed by atoms with Crippen LogP contribution < -0.4 is 5.32 Å². The van der Waals surface area contributed by atoms with Crippen molar-refractivity contribution in [3.63, 3.8) is 0 Å². The number of aryl methyl sites for hydroxylation is 1. The summed E-state index contributed by atoms with van der Waals surface area (Å²) in [4.78, 5) is 20.0. The molecule has 0 fully saturated rings. The Balaban J connectivity index is 1.77. The number of anilines is 1. The molecule has 0 aliphatic carbocycles. The van der Waals surface area contributed by atoms with Gasteiger partial charge in [-0.2, -0.15) is 0 Å². The maximum absolute atomic E-state index is 11.8. The van der Waals surface area contributed by atoms with Crippen LogP contribution >= 0.6 is 23.1 Å². The molecule has 0 saturated carbocycles. The van der Waals surface area contributed by atoms with Crippen molar-refractivity contribution in [1.29, 1.82) is 0 Å². The summed E-state index contributed by atoms with van der Waals surface area (Å²) in [6, 6.07) is 1.90. The number of hydrogen-bond acceptors (Lipinski definition) is 7. The van der Waals surface area contributed by atoms with Crippen molar-refractivity contribution in [2.75, 3.05) is 11.1 Å². The lowest BCUT2D eigenvalue weighted by Gasteiger charge is -2.02. The van der Waals surface area contributed by atoms with Crippen LogP contribution in [0.15, 0.2) is 17.4 Å². The Bertz CT molecular complexity index is 614. The topological polar surface area (TPSA) is 80.7 Å². The summed E-state index contributed by atoms with van der Waals surface area (Å²) in [7, 11) is 0. The Kier molecular flexibility index (Phi) is 5.63. The molecular formula is C13H17N5OS2. The van der Waals surface area contributed by atoms with E-state index < -0.39 is 0 Å². The summed E-state index contributed by atoms with van der Waals surface area (Å²) in [6.45, 7) is 6.01. The molecule has 0 aromatic carbocycles. The van der Waals surface area contributed by atoms with E-state index in [2.05, 4.69) is 25.5 Å². The number of nitrogens with zero attached hydrogens (tertiary/aromatic N) is 4. The molecule has 0 aliphatic heterocycles. The van der Waals surface area contributed by atoms with Gasteiger partial charge in [0.2, 0.25) is 11.0 Å². The number of amides is 1. The molecule has 8 heteroatoms. The molecule has 0 atom stereocenters. The van der Waals surface area contributed by atoms with Crippen LogP contribution in [0.4, 0.5) is 5.13 Å². The first-order chi connectivity index (χ1) is 10.0. The van der Waals surface area contributed by atoms with Gasteiger partial charge in [0.1, 0.15) is 11.3 Å². The van der Waals surface area contributed by atoms with Crippen molar-refractivity contribution in [2.45, 2.75) is 38.1 Å². The predicted molar refractivity (Wildman–Crippen MR) is 84.7 cm³/mol. The molecule has 1 N–H and O–H groups in total. The number of nitrogens with one attached hydrogen (secondary N) is 1. The highest BCUT2D eigenvalue weighted by Crippen LogP contribution is 2.22. The minimum absolute atomic E-state index is 0.0558. The second-order valence-corrected chi connectivity index (χ2v) is 6.87. The van der Waals surface area contributed by atoms with Crippen LogP contribution in [0, 0.1) is 6.92 Å². The summed E-state index contributed by atoms with van der Waals surface area (Å²) >= 11 is 2.96. The molecule has 2 aromatic rings. The summed E-state index contributed by atoms with van der Waals surface area (Å²) in [6.07, 6.45) is 1.94. The molecule has 6 nitrogen and oxygen atoms in total. The third-order valence-corrected chi connectivity index (χ3v) is 4.61. The van der Waals surface area contributed by atoms with Crippen LogP contribution in [0.1, 0.15) is 36.9 Å². The summed E-state index contributed by atoms with van der Waals surface area (Å²) < 4.78 is 0. The number of aromatic nitrogens is 4. The smallest absolute Gasteiger partial charge is 0.227 e. The van der Waals surface area contributed by atoms with Crippen molar-refractivity contribution >= 4 is 34.1 Å². The van der Waals surface area contributed by atoms with E-state index in [4.69, 9.17) is 0 Å². The Hall–Kier alpha value is -1.54. The van der Waals surface area contributed by atoms with Gasteiger partial charge in [-0.05, 0) is 13.0 Å². The summed E-state index contributed by atoms with van der Waals surface area (Å²) in [5.41, 5.74) is 0.923. The molecular weight excluding hydrogens is 306 g/mol. The van der Waals surface area contributed by atoms with Gasteiger partial charge in [-0.15, -0.1) is 22.0 Å². The third kappa shape index (κ3) is 5.05. The zero-order chi connectivity index (χ0) is 15.2. The first-order valence-corrected chi connectivity index (χ1v) is 8.39. The lowest BCUT2D eigenvalue weighted by Crippen LogP contribution is -2.12. The largest absolute Gasteiger partial charge is 0.301 e. The Morgan fingerprint density at radius 3 is 2.86 bits per heavy atom. The van der Waals surface area contributed by atoms with Crippen molar-refractivity contribution < 1.29 is 4.79 Å². The average Bonchev–Trinajstić information content (AvgIpc) is 2.87. The van der Waals surface area contributed by atoms with Gasteiger partial charge in [-0.3, -0.25) is 4.79 Å². The van der Waals surface area contributed by atoms with E-state index in [1.807, 2.05) is 26.8 Å². The van der Waals surface area contributed by atoms with Gasteiger partial charge in [0.05, 0.1) is 5.03 Å². The molecule has 0 unspecified atom stereocenters. The van der Waals surface area contributed by atoms with Crippen molar-refractivity contribution in [1.82, 2.24) is 20.2 Å². The van der Waals surface area contributed by atoms with E-state index in [-0.39, 0.29) is 5.91 Å². The average molecular weight is 323 g/mol. The third-order valence-electron chi connectivity index (χ3n) is 2.54. The Morgan fingerprint density at radius 2 is 2.19 bits per heavy atom. The normalized spacial score (nSPS) is 10.9. The van der Waals surface area contributed by atoms with E-state index in [9.17, 15) is 4.79 Å². The lowest BCUT2D eigenvalue weighted by atomic mass is 10.2. The van der Waals surface area contributed by atoms with Crippen molar-refractivity contribution in [3.05, 3.63) is 23.1 Å². The van der Waals surface area contributed by atoms with Gasteiger partial charge in [0.15, 0.2) is 0 Å². The highest BCUT2D eigenvalue weighted by molar-refractivity contribution is 7.99. The molecule has 112 valence electrons. The molecule has 0 aliphatic rings. The quantitative estimate of drug-likeness (QED) is 0.650. The van der Waals surface area contributed by atoms with Crippen LogP contribution in [0.3, 0.4) is 0 Å². The zero-order valence-corrected chi connectivity index (χ0v) is 13.8. The molecule has 0 bridgehead atoms. The standard InChI is InChI=1S/C13H17N5OS2/c1-8(2)12-17-18-13(21-12)16-10(19)4-5-20-11-6-9(3)14-7-15-11/h6-8H,4-5H2,1-3H3,(H,16,18,19). The van der Waals surface area contributed by atoms with Gasteiger partial charge < -0.3 is 5.32 Å². The van der Waals surface area contributed by atoms with Gasteiger partial charge in [-0.25, -0.2) is 9.97 Å². The fourth-order valence-electron chi connectivity index (χ4n) is 1.46. The van der Waals surface area contributed by atoms with Crippen LogP contribution in [0.25, 0.3) is 0 Å². The fourth-order valence-corrected chi connectivity index (χ4v) is 3.09. The zero-order valence-electron chi connectivity index (χ0n) is 12.2. The number of carbonyl (C=O) groups excluding carboxylic acids is 1. The number of rotatable bonds is 6. The van der Waals surface area contributed by atoms with E-state index >= 15 is 0 Å². The van der Waals surface area contributed by atoms with E-state index in [1.54, 1.807) is 0 Å². The second-order valence-electron chi connectivity index (χ2n) is 4.74. The van der Waals surface area contributed by atoms with E-state index in [0.29, 0.717) is 23.2 Å². The van der Waals surface area contributed by atoms with E-state index in [1.165, 1.54) is 29.4 Å². The first kappa shape index (κ1) is 15.8. The van der Waals surface area contributed by atoms with Crippen LogP contribution in [-0.2, 0) is 4.79 Å². The van der Waals surface area contributed by atoms with E-state index in [0.717, 1.165) is 15.7 Å². The van der Waals surface area contributed by atoms with Crippen LogP contribution in [0.5, 0.6) is 0 Å². The molecule has 0 radical (unpaired) electrons. The molecule has 2 rings (SSSR count). The molecule has 0 saturated heterocycles. The monoisotopic (exact) mass is 323 g/mol. The van der Waals surface area contributed by atoms with Crippen molar-refractivity contribution in [3.8, 4) is 0 Å². The molecule has 2 heterocycles. The fraction of sp³-hybridized carbons (Fsp3) is 0.462. The SMILES string of the molecule is Cc1cc(SCCC(=O)Nc2nnc(C(C)C)s2)ncn1. The Morgan fingerprint density at radius 1 is 1.38 bits per heavy atom. The van der Waals surface area contributed by atoms with Crippen molar-refractivity contribution in [2.24, 2.45) is 0 Å². The van der Waals surface area contributed by atoms with Gasteiger partial charge >= 0.3 is 0 Å². The minimum atomic E-state index is -0.0558. The molecule has 21 heavy (non-hydrogen) atoms. The second kappa shape index (κ2) is 7.46.